The summed E-state index contributed by atoms with van der Waals surface area (Å²) in [6, 6.07) is 12.5. The predicted molar refractivity (Wildman–Crippen MR) is 108 cm³/mol. The highest BCUT2D eigenvalue weighted by Gasteiger charge is 2.14. The Morgan fingerprint density at radius 2 is 1.80 bits per heavy atom. The first kappa shape index (κ1) is 19.0. The standard InChI is InChI=1S/C22H30N2O/c1-8-24(7)15-23-20-12-17(3)21(13-16(20)2)25-19-11-9-10-18(14-19)22(4,5)6/h9-15H,8H2,1-7H3. The minimum atomic E-state index is 0.105. The van der Waals surface area contributed by atoms with Gasteiger partial charge in [0.05, 0.1) is 12.0 Å². The van der Waals surface area contributed by atoms with Gasteiger partial charge in [-0.25, -0.2) is 4.99 Å². The van der Waals surface area contributed by atoms with E-state index < -0.39 is 0 Å². The molecule has 2 aromatic carbocycles. The van der Waals surface area contributed by atoms with Crippen molar-refractivity contribution in [3.8, 4) is 11.5 Å². The maximum absolute atomic E-state index is 6.17. The van der Waals surface area contributed by atoms with Crippen molar-refractivity contribution in [2.75, 3.05) is 13.6 Å². The van der Waals surface area contributed by atoms with E-state index in [9.17, 15) is 0 Å². The molecule has 0 spiro atoms. The van der Waals surface area contributed by atoms with Crippen LogP contribution in [0.5, 0.6) is 11.5 Å². The van der Waals surface area contributed by atoms with Gasteiger partial charge in [0.2, 0.25) is 0 Å². The lowest BCUT2D eigenvalue weighted by atomic mass is 9.87. The van der Waals surface area contributed by atoms with Gasteiger partial charge in [-0.2, -0.15) is 0 Å². The molecule has 0 aliphatic rings. The number of nitrogens with zero attached hydrogens (tertiary/aromatic N) is 2. The maximum Gasteiger partial charge on any atom is 0.130 e. The van der Waals surface area contributed by atoms with Gasteiger partial charge in [0.1, 0.15) is 11.5 Å². The van der Waals surface area contributed by atoms with Crippen LogP contribution in [0, 0.1) is 13.8 Å². The number of aliphatic imine (C=N–C) groups is 1. The van der Waals surface area contributed by atoms with Crippen LogP contribution in [0.4, 0.5) is 5.69 Å². The third-order valence-electron chi connectivity index (χ3n) is 4.31. The number of aryl methyl sites for hydroxylation is 2. The molecule has 0 heterocycles. The second-order valence-electron chi connectivity index (χ2n) is 7.60. The summed E-state index contributed by atoms with van der Waals surface area (Å²) in [5.41, 5.74) is 4.54. The lowest BCUT2D eigenvalue weighted by Gasteiger charge is -2.20. The van der Waals surface area contributed by atoms with E-state index in [0.29, 0.717) is 0 Å². The zero-order valence-electron chi connectivity index (χ0n) is 16.6. The van der Waals surface area contributed by atoms with Crippen LogP contribution in [0.15, 0.2) is 41.4 Å². The summed E-state index contributed by atoms with van der Waals surface area (Å²) < 4.78 is 6.17. The highest BCUT2D eigenvalue weighted by Crippen LogP contribution is 2.33. The fourth-order valence-electron chi connectivity index (χ4n) is 2.42. The summed E-state index contributed by atoms with van der Waals surface area (Å²) in [6.45, 7) is 13.8. The highest BCUT2D eigenvalue weighted by atomic mass is 16.5. The van der Waals surface area contributed by atoms with Crippen LogP contribution in [0.3, 0.4) is 0 Å². The molecule has 0 aliphatic carbocycles. The molecule has 0 atom stereocenters. The SMILES string of the molecule is CCN(C)C=Nc1cc(C)c(Oc2cccc(C(C)(C)C)c2)cc1C. The molecule has 0 fully saturated rings. The van der Waals surface area contributed by atoms with Crippen LogP contribution >= 0.6 is 0 Å². The summed E-state index contributed by atoms with van der Waals surface area (Å²) in [6.07, 6.45) is 1.87. The summed E-state index contributed by atoms with van der Waals surface area (Å²) in [4.78, 5) is 6.63. The Hall–Kier alpha value is -2.29. The fourth-order valence-corrected chi connectivity index (χ4v) is 2.42. The Balaban J connectivity index is 2.27. The summed E-state index contributed by atoms with van der Waals surface area (Å²) in [5.74, 6) is 1.75. The third kappa shape index (κ3) is 5.09. The van der Waals surface area contributed by atoms with Crippen LogP contribution in [0.1, 0.15) is 44.4 Å². The third-order valence-corrected chi connectivity index (χ3v) is 4.31. The number of benzene rings is 2. The van der Waals surface area contributed by atoms with E-state index in [2.05, 4.69) is 81.8 Å². The van der Waals surface area contributed by atoms with Crippen molar-refractivity contribution in [3.05, 3.63) is 53.1 Å². The zero-order valence-corrected chi connectivity index (χ0v) is 16.6. The monoisotopic (exact) mass is 338 g/mol. The van der Waals surface area contributed by atoms with Crippen molar-refractivity contribution in [1.29, 1.82) is 0 Å². The molecule has 3 heteroatoms. The molecule has 0 N–H and O–H groups in total. The van der Waals surface area contributed by atoms with Gasteiger partial charge >= 0.3 is 0 Å². The molecule has 3 nitrogen and oxygen atoms in total. The van der Waals surface area contributed by atoms with Crippen LogP contribution in [0.25, 0.3) is 0 Å². The number of ether oxygens (including phenoxy) is 1. The Morgan fingerprint density at radius 3 is 2.44 bits per heavy atom. The van der Waals surface area contributed by atoms with Crippen molar-refractivity contribution in [3.63, 3.8) is 0 Å². The molecule has 0 amide bonds. The molecule has 0 radical (unpaired) electrons. The minimum Gasteiger partial charge on any atom is -0.457 e. The minimum absolute atomic E-state index is 0.105. The molecular formula is C22H30N2O. The average molecular weight is 338 g/mol. The molecule has 0 aliphatic heterocycles. The van der Waals surface area contributed by atoms with Crippen molar-refractivity contribution < 1.29 is 4.74 Å². The smallest absolute Gasteiger partial charge is 0.130 e. The zero-order chi connectivity index (χ0) is 18.6. The van der Waals surface area contributed by atoms with E-state index >= 15 is 0 Å². The molecule has 25 heavy (non-hydrogen) atoms. The molecule has 0 saturated heterocycles. The van der Waals surface area contributed by atoms with Gasteiger partial charge in [0.25, 0.3) is 0 Å². The first-order valence-corrected chi connectivity index (χ1v) is 8.84. The molecule has 2 aromatic rings. The van der Waals surface area contributed by atoms with Gasteiger partial charge in [0.15, 0.2) is 0 Å². The molecule has 0 saturated carbocycles. The van der Waals surface area contributed by atoms with Crippen LogP contribution in [0.2, 0.25) is 0 Å². The van der Waals surface area contributed by atoms with Gasteiger partial charge in [-0.15, -0.1) is 0 Å². The number of hydrogen-bond donors (Lipinski definition) is 0. The van der Waals surface area contributed by atoms with Gasteiger partial charge in [-0.05, 0) is 67.1 Å². The Kier molecular flexibility index (Phi) is 5.89. The quantitative estimate of drug-likeness (QED) is 0.493. The van der Waals surface area contributed by atoms with Gasteiger partial charge in [0, 0.05) is 13.6 Å². The topological polar surface area (TPSA) is 24.8 Å². The van der Waals surface area contributed by atoms with Crippen molar-refractivity contribution in [2.24, 2.45) is 4.99 Å². The first-order chi connectivity index (χ1) is 11.7. The van der Waals surface area contributed by atoms with Crippen molar-refractivity contribution in [1.82, 2.24) is 4.90 Å². The van der Waals surface area contributed by atoms with Crippen molar-refractivity contribution in [2.45, 2.75) is 47.0 Å². The molecular weight excluding hydrogens is 308 g/mol. The normalized spacial score (nSPS) is 11.8. The van der Waals surface area contributed by atoms with Crippen LogP contribution < -0.4 is 4.74 Å². The van der Waals surface area contributed by atoms with E-state index in [4.69, 9.17) is 4.74 Å². The predicted octanol–water partition coefficient (Wildman–Crippen LogP) is 6.00. The summed E-state index contributed by atoms with van der Waals surface area (Å²) in [5, 5.41) is 0. The Labute approximate surface area is 152 Å². The molecule has 2 rings (SSSR count). The van der Waals surface area contributed by atoms with Crippen LogP contribution in [-0.4, -0.2) is 24.8 Å². The second kappa shape index (κ2) is 7.73. The molecule has 0 bridgehead atoms. The van der Waals surface area contributed by atoms with E-state index in [0.717, 1.165) is 34.9 Å². The van der Waals surface area contributed by atoms with E-state index in [-0.39, 0.29) is 5.41 Å². The van der Waals surface area contributed by atoms with Gasteiger partial charge < -0.3 is 9.64 Å². The average Bonchev–Trinajstić information content (AvgIpc) is 2.55. The Morgan fingerprint density at radius 1 is 1.08 bits per heavy atom. The number of rotatable bonds is 5. The number of hydrogen-bond acceptors (Lipinski definition) is 2. The van der Waals surface area contributed by atoms with Crippen LogP contribution in [-0.2, 0) is 5.41 Å². The van der Waals surface area contributed by atoms with Gasteiger partial charge in [-0.1, -0.05) is 32.9 Å². The lowest BCUT2D eigenvalue weighted by Crippen LogP contribution is -2.14. The lowest BCUT2D eigenvalue weighted by molar-refractivity contribution is 0.474. The highest BCUT2D eigenvalue weighted by molar-refractivity contribution is 5.64. The fraction of sp³-hybridized carbons (Fsp3) is 0.409. The second-order valence-corrected chi connectivity index (χ2v) is 7.60. The van der Waals surface area contributed by atoms with E-state index in [1.807, 2.05) is 19.5 Å². The summed E-state index contributed by atoms with van der Waals surface area (Å²) in [7, 11) is 2.02. The largest absolute Gasteiger partial charge is 0.457 e. The maximum atomic E-state index is 6.17. The molecule has 0 unspecified atom stereocenters. The van der Waals surface area contributed by atoms with Crippen molar-refractivity contribution >= 4 is 12.0 Å². The van der Waals surface area contributed by atoms with E-state index in [1.165, 1.54) is 5.56 Å². The van der Waals surface area contributed by atoms with E-state index in [1.54, 1.807) is 0 Å². The molecule has 134 valence electrons. The first-order valence-electron chi connectivity index (χ1n) is 8.84. The molecule has 0 aromatic heterocycles. The Bertz CT molecular complexity index is 757. The summed E-state index contributed by atoms with van der Waals surface area (Å²) >= 11 is 0. The van der Waals surface area contributed by atoms with Gasteiger partial charge in [-0.3, -0.25) is 0 Å².